The highest BCUT2D eigenvalue weighted by molar-refractivity contribution is 5.23. The zero-order valence-electron chi connectivity index (χ0n) is 11.6. The molecule has 0 saturated heterocycles. The first-order valence-corrected chi connectivity index (χ1v) is 6.95. The lowest BCUT2D eigenvalue weighted by Gasteiger charge is -2.17. The van der Waals surface area contributed by atoms with Crippen molar-refractivity contribution >= 4 is 0 Å². The molecule has 100 valence electrons. The van der Waals surface area contributed by atoms with Crippen LogP contribution in [0.15, 0.2) is 73.1 Å². The highest BCUT2D eigenvalue weighted by atomic mass is 15.1. The molecule has 2 heteroatoms. The molecule has 0 aliphatic carbocycles. The van der Waals surface area contributed by atoms with E-state index in [0.717, 1.165) is 12.2 Å². The van der Waals surface area contributed by atoms with Gasteiger partial charge in [-0.05, 0) is 18.1 Å². The minimum absolute atomic E-state index is 0.303. The Morgan fingerprint density at radius 2 is 1.60 bits per heavy atom. The van der Waals surface area contributed by atoms with Crippen LogP contribution < -0.4 is 0 Å². The summed E-state index contributed by atoms with van der Waals surface area (Å²) in [5, 5.41) is 0. The van der Waals surface area contributed by atoms with Gasteiger partial charge in [-0.3, -0.25) is 0 Å². The van der Waals surface area contributed by atoms with Gasteiger partial charge < -0.3 is 4.57 Å². The lowest BCUT2D eigenvalue weighted by Crippen LogP contribution is -2.10. The number of nitrogens with zero attached hydrogens (tertiary/aromatic N) is 2. The Bertz CT molecular complexity index is 656. The molecule has 1 aromatic heterocycles. The van der Waals surface area contributed by atoms with Crippen LogP contribution in [0.4, 0.5) is 0 Å². The largest absolute Gasteiger partial charge is 0.327 e. The van der Waals surface area contributed by atoms with Gasteiger partial charge in [-0.15, -0.1) is 0 Å². The molecule has 3 rings (SSSR count). The van der Waals surface area contributed by atoms with Gasteiger partial charge >= 0.3 is 0 Å². The first kappa shape index (κ1) is 12.7. The van der Waals surface area contributed by atoms with Crippen molar-refractivity contribution in [2.45, 2.75) is 19.4 Å². The second kappa shape index (κ2) is 5.74. The van der Waals surface area contributed by atoms with E-state index >= 15 is 0 Å². The standard InChI is InChI=1S/C18H18N2/c1-15(17-10-6-3-7-11-17)20-13-12-19-18(20)14-16-8-4-2-5-9-16/h2-13,15H,14H2,1H3. The molecule has 0 amide bonds. The maximum Gasteiger partial charge on any atom is 0.113 e. The molecular formula is C18H18N2. The highest BCUT2D eigenvalue weighted by Gasteiger charge is 2.11. The van der Waals surface area contributed by atoms with Crippen LogP contribution in [0.3, 0.4) is 0 Å². The van der Waals surface area contributed by atoms with Crippen LogP contribution in [-0.4, -0.2) is 9.55 Å². The summed E-state index contributed by atoms with van der Waals surface area (Å²) < 4.78 is 2.25. The predicted molar refractivity (Wildman–Crippen MR) is 81.7 cm³/mol. The van der Waals surface area contributed by atoms with Crippen molar-refractivity contribution in [2.75, 3.05) is 0 Å². The summed E-state index contributed by atoms with van der Waals surface area (Å²) in [5.74, 6) is 1.10. The normalized spacial score (nSPS) is 12.2. The Morgan fingerprint density at radius 3 is 2.30 bits per heavy atom. The molecule has 3 aromatic rings. The number of rotatable bonds is 4. The van der Waals surface area contributed by atoms with Gasteiger partial charge in [0.05, 0.1) is 6.04 Å². The van der Waals surface area contributed by atoms with Crippen molar-refractivity contribution in [3.63, 3.8) is 0 Å². The van der Waals surface area contributed by atoms with E-state index in [2.05, 4.69) is 77.3 Å². The molecule has 1 atom stereocenters. The van der Waals surface area contributed by atoms with E-state index in [9.17, 15) is 0 Å². The molecule has 0 spiro atoms. The fourth-order valence-corrected chi connectivity index (χ4v) is 2.50. The van der Waals surface area contributed by atoms with Crippen molar-refractivity contribution in [3.8, 4) is 0 Å². The van der Waals surface area contributed by atoms with E-state index in [4.69, 9.17) is 0 Å². The number of aromatic nitrogens is 2. The molecule has 0 bridgehead atoms. The van der Waals surface area contributed by atoms with Crippen LogP contribution in [0.5, 0.6) is 0 Å². The molecule has 20 heavy (non-hydrogen) atoms. The molecule has 1 unspecified atom stereocenters. The van der Waals surface area contributed by atoms with Crippen molar-refractivity contribution in [1.29, 1.82) is 0 Å². The average molecular weight is 262 g/mol. The molecule has 0 aliphatic heterocycles. The third-order valence-corrected chi connectivity index (χ3v) is 3.65. The van der Waals surface area contributed by atoms with Gasteiger partial charge in [0.15, 0.2) is 0 Å². The Balaban J connectivity index is 1.87. The van der Waals surface area contributed by atoms with Gasteiger partial charge in [0.2, 0.25) is 0 Å². The fourth-order valence-electron chi connectivity index (χ4n) is 2.50. The van der Waals surface area contributed by atoms with E-state index in [1.165, 1.54) is 11.1 Å². The Kier molecular flexibility index (Phi) is 3.64. The zero-order valence-corrected chi connectivity index (χ0v) is 11.6. The maximum atomic E-state index is 4.52. The highest BCUT2D eigenvalue weighted by Crippen LogP contribution is 2.20. The van der Waals surface area contributed by atoms with Gasteiger partial charge in [-0.25, -0.2) is 4.98 Å². The van der Waals surface area contributed by atoms with Gasteiger partial charge in [-0.1, -0.05) is 60.7 Å². The summed E-state index contributed by atoms with van der Waals surface area (Å²) in [6, 6.07) is 21.3. The summed E-state index contributed by atoms with van der Waals surface area (Å²) in [6.07, 6.45) is 4.82. The molecule has 0 N–H and O–H groups in total. The van der Waals surface area contributed by atoms with Gasteiger partial charge in [0.25, 0.3) is 0 Å². The number of hydrogen-bond acceptors (Lipinski definition) is 1. The topological polar surface area (TPSA) is 17.8 Å². The average Bonchev–Trinajstić information content (AvgIpc) is 2.96. The van der Waals surface area contributed by atoms with E-state index in [0.29, 0.717) is 6.04 Å². The van der Waals surface area contributed by atoms with Crippen LogP contribution in [0.1, 0.15) is 29.9 Å². The van der Waals surface area contributed by atoms with Crippen LogP contribution in [0.25, 0.3) is 0 Å². The SMILES string of the molecule is CC(c1ccccc1)n1ccnc1Cc1ccccc1. The second-order valence-electron chi connectivity index (χ2n) is 5.00. The Labute approximate surface area is 119 Å². The number of imidazole rings is 1. The van der Waals surface area contributed by atoms with Crippen LogP contribution >= 0.6 is 0 Å². The van der Waals surface area contributed by atoms with Crippen molar-refractivity contribution in [2.24, 2.45) is 0 Å². The van der Waals surface area contributed by atoms with Gasteiger partial charge in [0.1, 0.15) is 5.82 Å². The van der Waals surface area contributed by atoms with Gasteiger partial charge in [0, 0.05) is 18.8 Å². The van der Waals surface area contributed by atoms with E-state index in [-0.39, 0.29) is 0 Å². The third kappa shape index (κ3) is 2.64. The predicted octanol–water partition coefficient (Wildman–Crippen LogP) is 4.08. The molecule has 0 aliphatic rings. The summed E-state index contributed by atoms with van der Waals surface area (Å²) >= 11 is 0. The molecule has 1 heterocycles. The third-order valence-electron chi connectivity index (χ3n) is 3.65. The summed E-state index contributed by atoms with van der Waals surface area (Å²) in [7, 11) is 0. The minimum atomic E-state index is 0.303. The summed E-state index contributed by atoms with van der Waals surface area (Å²) in [4.78, 5) is 4.52. The minimum Gasteiger partial charge on any atom is -0.327 e. The molecule has 0 radical (unpaired) electrons. The smallest absolute Gasteiger partial charge is 0.113 e. The van der Waals surface area contributed by atoms with E-state index in [1.54, 1.807) is 0 Å². The van der Waals surface area contributed by atoms with Crippen LogP contribution in [0, 0.1) is 0 Å². The lowest BCUT2D eigenvalue weighted by atomic mass is 10.1. The van der Waals surface area contributed by atoms with Crippen LogP contribution in [0.2, 0.25) is 0 Å². The zero-order chi connectivity index (χ0) is 13.8. The van der Waals surface area contributed by atoms with Crippen molar-refractivity contribution in [1.82, 2.24) is 9.55 Å². The second-order valence-corrected chi connectivity index (χ2v) is 5.00. The number of hydrogen-bond donors (Lipinski definition) is 0. The lowest BCUT2D eigenvalue weighted by molar-refractivity contribution is 0.609. The Hall–Kier alpha value is -2.35. The Morgan fingerprint density at radius 1 is 0.950 bits per heavy atom. The van der Waals surface area contributed by atoms with E-state index < -0.39 is 0 Å². The summed E-state index contributed by atoms with van der Waals surface area (Å²) in [5.41, 5.74) is 2.60. The van der Waals surface area contributed by atoms with Crippen LogP contribution in [-0.2, 0) is 6.42 Å². The molecule has 0 saturated carbocycles. The molecule has 0 fully saturated rings. The van der Waals surface area contributed by atoms with E-state index in [1.807, 2.05) is 12.3 Å². The molecule has 2 nitrogen and oxygen atoms in total. The first-order valence-electron chi connectivity index (χ1n) is 6.95. The van der Waals surface area contributed by atoms with Gasteiger partial charge in [-0.2, -0.15) is 0 Å². The first-order chi connectivity index (χ1) is 9.84. The quantitative estimate of drug-likeness (QED) is 0.692. The van der Waals surface area contributed by atoms with Crippen molar-refractivity contribution in [3.05, 3.63) is 90.0 Å². The fraction of sp³-hybridized carbons (Fsp3) is 0.167. The van der Waals surface area contributed by atoms with Crippen molar-refractivity contribution < 1.29 is 0 Å². The molecule has 2 aromatic carbocycles. The maximum absolute atomic E-state index is 4.52. The number of benzene rings is 2. The summed E-state index contributed by atoms with van der Waals surface area (Å²) in [6.45, 7) is 2.21. The molecular weight excluding hydrogens is 244 g/mol. The monoisotopic (exact) mass is 262 g/mol.